The zero-order valence-corrected chi connectivity index (χ0v) is 14.1. The summed E-state index contributed by atoms with van der Waals surface area (Å²) in [6.45, 7) is 6.72. The van der Waals surface area contributed by atoms with Crippen molar-refractivity contribution in [3.63, 3.8) is 0 Å². The normalized spacial score (nSPS) is 29.5. The van der Waals surface area contributed by atoms with E-state index < -0.39 is 0 Å². The Balaban J connectivity index is 1.71. The average Bonchev–Trinajstić information content (AvgIpc) is 2.81. The lowest BCUT2D eigenvalue weighted by Gasteiger charge is -2.47. The van der Waals surface area contributed by atoms with Crippen molar-refractivity contribution < 1.29 is 4.74 Å². The van der Waals surface area contributed by atoms with Crippen LogP contribution in [0, 0.1) is 5.41 Å². The molecule has 0 aromatic carbocycles. The number of morpholine rings is 1. The minimum absolute atomic E-state index is 0.0783. The van der Waals surface area contributed by atoms with Crippen LogP contribution in [-0.2, 0) is 4.74 Å². The molecule has 4 heteroatoms. The molecule has 1 aliphatic heterocycles. The van der Waals surface area contributed by atoms with Crippen LogP contribution in [0.4, 0.5) is 0 Å². The van der Waals surface area contributed by atoms with Crippen LogP contribution in [-0.4, -0.2) is 18.7 Å². The highest BCUT2D eigenvalue weighted by atomic mass is 79.9. The number of hydrogen-bond donors (Lipinski definition) is 1. The summed E-state index contributed by atoms with van der Waals surface area (Å²) >= 11 is 5.34. The standard InChI is InChI=1S/C15H22BrNOS/c1-14(2)5-7-15(8-6-14)10-17-9-11(18-15)12-3-4-13(16)19-12/h3-4,11,17H,5-10H2,1-2H3. The third-order valence-electron chi connectivity index (χ3n) is 4.60. The van der Waals surface area contributed by atoms with E-state index in [-0.39, 0.29) is 11.7 Å². The van der Waals surface area contributed by atoms with Gasteiger partial charge in [0.2, 0.25) is 0 Å². The fourth-order valence-corrected chi connectivity index (χ4v) is 4.61. The SMILES string of the molecule is CC1(C)CCC2(CC1)CNCC(c1ccc(Br)s1)O2. The Morgan fingerprint density at radius 1 is 1.26 bits per heavy atom. The number of halogens is 1. The molecule has 1 unspecified atom stereocenters. The fraction of sp³-hybridized carbons (Fsp3) is 0.733. The minimum Gasteiger partial charge on any atom is -0.364 e. The van der Waals surface area contributed by atoms with Crippen LogP contribution < -0.4 is 5.32 Å². The second-order valence-corrected chi connectivity index (χ2v) is 9.22. The Hall–Kier alpha value is 0.1000. The van der Waals surface area contributed by atoms with E-state index in [0.717, 1.165) is 13.1 Å². The highest BCUT2D eigenvalue weighted by molar-refractivity contribution is 9.11. The van der Waals surface area contributed by atoms with Gasteiger partial charge in [-0.1, -0.05) is 13.8 Å². The summed E-state index contributed by atoms with van der Waals surface area (Å²) in [5, 5.41) is 3.60. The van der Waals surface area contributed by atoms with Crippen molar-refractivity contribution >= 4 is 27.3 Å². The molecule has 1 atom stereocenters. The number of nitrogens with one attached hydrogen (secondary N) is 1. The van der Waals surface area contributed by atoms with Crippen molar-refractivity contribution in [1.82, 2.24) is 5.32 Å². The predicted molar refractivity (Wildman–Crippen MR) is 83.7 cm³/mol. The van der Waals surface area contributed by atoms with Gasteiger partial charge in [-0.05, 0) is 59.2 Å². The molecule has 1 spiro atoms. The summed E-state index contributed by atoms with van der Waals surface area (Å²) in [4.78, 5) is 1.34. The molecule has 1 aromatic heterocycles. The van der Waals surface area contributed by atoms with E-state index >= 15 is 0 Å². The maximum absolute atomic E-state index is 6.53. The molecule has 0 amide bonds. The van der Waals surface area contributed by atoms with E-state index in [0.29, 0.717) is 5.41 Å². The summed E-state index contributed by atoms with van der Waals surface area (Å²) in [6, 6.07) is 4.31. The summed E-state index contributed by atoms with van der Waals surface area (Å²) in [5.74, 6) is 0. The van der Waals surface area contributed by atoms with E-state index in [9.17, 15) is 0 Å². The Kier molecular flexibility index (Phi) is 3.80. The fourth-order valence-electron chi connectivity index (χ4n) is 3.15. The maximum Gasteiger partial charge on any atom is 0.105 e. The summed E-state index contributed by atoms with van der Waals surface area (Å²) in [5.41, 5.74) is 0.572. The lowest BCUT2D eigenvalue weighted by Crippen LogP contribution is -2.53. The van der Waals surface area contributed by atoms with Gasteiger partial charge in [-0.3, -0.25) is 0 Å². The van der Waals surface area contributed by atoms with E-state index in [1.54, 1.807) is 11.3 Å². The molecular weight excluding hydrogens is 322 g/mol. The molecule has 2 aliphatic rings. The monoisotopic (exact) mass is 343 g/mol. The maximum atomic E-state index is 6.53. The second kappa shape index (κ2) is 5.14. The number of hydrogen-bond acceptors (Lipinski definition) is 3. The summed E-state index contributed by atoms with van der Waals surface area (Å²) in [7, 11) is 0. The van der Waals surface area contributed by atoms with Crippen molar-refractivity contribution in [2.24, 2.45) is 5.41 Å². The molecule has 1 aliphatic carbocycles. The highest BCUT2D eigenvalue weighted by Gasteiger charge is 2.43. The molecule has 2 fully saturated rings. The molecule has 106 valence electrons. The van der Waals surface area contributed by atoms with E-state index in [1.165, 1.54) is 34.3 Å². The van der Waals surface area contributed by atoms with Gasteiger partial charge in [0, 0.05) is 18.0 Å². The first-order valence-corrected chi connectivity index (χ1v) is 8.73. The molecular formula is C15H22BrNOS. The van der Waals surface area contributed by atoms with Gasteiger partial charge in [-0.25, -0.2) is 0 Å². The first-order chi connectivity index (χ1) is 8.98. The Labute approximate surface area is 128 Å². The van der Waals surface area contributed by atoms with Crippen molar-refractivity contribution in [1.29, 1.82) is 0 Å². The van der Waals surface area contributed by atoms with E-state index in [4.69, 9.17) is 4.74 Å². The zero-order chi connectivity index (χ0) is 13.5. The average molecular weight is 344 g/mol. The molecule has 0 radical (unpaired) electrons. The van der Waals surface area contributed by atoms with Gasteiger partial charge in [-0.2, -0.15) is 0 Å². The zero-order valence-electron chi connectivity index (χ0n) is 11.7. The molecule has 19 heavy (non-hydrogen) atoms. The van der Waals surface area contributed by atoms with Crippen LogP contribution >= 0.6 is 27.3 Å². The highest BCUT2D eigenvalue weighted by Crippen LogP contribution is 2.45. The largest absolute Gasteiger partial charge is 0.364 e. The number of rotatable bonds is 1. The van der Waals surface area contributed by atoms with Crippen LogP contribution in [0.2, 0.25) is 0 Å². The van der Waals surface area contributed by atoms with Crippen molar-refractivity contribution in [2.45, 2.75) is 51.2 Å². The predicted octanol–water partition coefficient (Wildman–Crippen LogP) is 4.51. The molecule has 1 saturated carbocycles. The number of thiophene rings is 1. The van der Waals surface area contributed by atoms with Gasteiger partial charge in [0.25, 0.3) is 0 Å². The summed E-state index contributed by atoms with van der Waals surface area (Å²) in [6.07, 6.45) is 5.16. The molecule has 1 saturated heterocycles. The van der Waals surface area contributed by atoms with Crippen LogP contribution in [0.5, 0.6) is 0 Å². The van der Waals surface area contributed by atoms with Crippen LogP contribution in [0.25, 0.3) is 0 Å². The number of ether oxygens (including phenoxy) is 1. The molecule has 0 bridgehead atoms. The molecule has 1 N–H and O–H groups in total. The van der Waals surface area contributed by atoms with Crippen LogP contribution in [0.3, 0.4) is 0 Å². The topological polar surface area (TPSA) is 21.3 Å². The van der Waals surface area contributed by atoms with Gasteiger partial charge in [0.05, 0.1) is 9.39 Å². The van der Waals surface area contributed by atoms with Crippen molar-refractivity contribution in [3.8, 4) is 0 Å². The lowest BCUT2D eigenvalue weighted by molar-refractivity contribution is -0.146. The van der Waals surface area contributed by atoms with Crippen LogP contribution in [0.15, 0.2) is 15.9 Å². The van der Waals surface area contributed by atoms with Crippen molar-refractivity contribution in [2.75, 3.05) is 13.1 Å². The Bertz CT molecular complexity index is 447. The first kappa shape index (κ1) is 14.1. The third-order valence-corrected chi connectivity index (χ3v) is 6.31. The minimum atomic E-state index is 0.0783. The van der Waals surface area contributed by atoms with Crippen LogP contribution in [0.1, 0.15) is 50.5 Å². The summed E-state index contributed by atoms with van der Waals surface area (Å²) < 4.78 is 7.72. The smallest absolute Gasteiger partial charge is 0.105 e. The van der Waals surface area contributed by atoms with Crippen molar-refractivity contribution in [3.05, 3.63) is 20.8 Å². The quantitative estimate of drug-likeness (QED) is 0.809. The molecule has 3 rings (SSSR count). The van der Waals surface area contributed by atoms with Gasteiger partial charge in [0.1, 0.15) is 6.10 Å². The Morgan fingerprint density at radius 3 is 2.63 bits per heavy atom. The van der Waals surface area contributed by atoms with Gasteiger partial charge >= 0.3 is 0 Å². The first-order valence-electron chi connectivity index (χ1n) is 7.12. The molecule has 1 aromatic rings. The van der Waals surface area contributed by atoms with Gasteiger partial charge in [0.15, 0.2) is 0 Å². The lowest BCUT2D eigenvalue weighted by atomic mass is 9.70. The van der Waals surface area contributed by atoms with E-state index in [2.05, 4.69) is 47.2 Å². The van der Waals surface area contributed by atoms with Gasteiger partial charge < -0.3 is 10.1 Å². The molecule has 2 nitrogen and oxygen atoms in total. The van der Waals surface area contributed by atoms with E-state index in [1.807, 2.05) is 0 Å². The third kappa shape index (κ3) is 3.07. The second-order valence-electron chi connectivity index (χ2n) is 6.73. The molecule has 2 heterocycles. The van der Waals surface area contributed by atoms with Gasteiger partial charge in [-0.15, -0.1) is 11.3 Å². The Morgan fingerprint density at radius 2 is 2.00 bits per heavy atom.